The summed E-state index contributed by atoms with van der Waals surface area (Å²) in [5.74, 6) is 0.226. The number of pyridine rings is 1. The van der Waals surface area contributed by atoms with Crippen LogP contribution in [-0.4, -0.2) is 59.1 Å². The molecule has 2 aliphatic heterocycles. The van der Waals surface area contributed by atoms with Crippen molar-refractivity contribution in [2.45, 2.75) is 31.5 Å². The first-order valence-electron chi connectivity index (χ1n) is 8.83. The molecule has 4 rings (SSSR count). The van der Waals surface area contributed by atoms with Crippen molar-refractivity contribution in [3.63, 3.8) is 0 Å². The second kappa shape index (κ2) is 7.64. The van der Waals surface area contributed by atoms with Gasteiger partial charge in [0, 0.05) is 38.6 Å². The summed E-state index contributed by atoms with van der Waals surface area (Å²) in [6.45, 7) is 4.09. The van der Waals surface area contributed by atoms with Gasteiger partial charge in [-0.15, -0.1) is 0 Å². The van der Waals surface area contributed by atoms with Gasteiger partial charge in [-0.05, 0) is 40.4 Å². The van der Waals surface area contributed by atoms with Crippen LogP contribution < -0.4 is 0 Å². The molecule has 0 radical (unpaired) electrons. The Bertz CT molecular complexity index is 692. The third-order valence-corrected chi connectivity index (χ3v) is 5.83. The number of likely N-dealkylation sites (tertiary alicyclic amines) is 1. The lowest BCUT2D eigenvalue weighted by molar-refractivity contribution is -0.142. The highest BCUT2D eigenvalue weighted by Crippen LogP contribution is 2.25. The molecule has 5 nitrogen and oxygen atoms in total. The molecule has 1 amide bonds. The standard InChI is InChI=1S/C19H23N3O2S/c23-19(10-15-4-9-25-14-15)22-6-3-18-17(13-22)21(7-8-24-18)12-16-2-1-5-20-11-16/h1-2,4-5,9,11,14,17-18H,3,6-8,10,12-13H2/t17-,18-/m1/s1. The fraction of sp³-hybridized carbons (Fsp3) is 0.474. The summed E-state index contributed by atoms with van der Waals surface area (Å²) in [6.07, 6.45) is 5.38. The van der Waals surface area contributed by atoms with Crippen molar-refractivity contribution >= 4 is 17.2 Å². The normalized spacial score (nSPS) is 24.1. The van der Waals surface area contributed by atoms with Gasteiger partial charge in [0.1, 0.15) is 0 Å². The summed E-state index contributed by atoms with van der Waals surface area (Å²) in [4.78, 5) is 21.4. The van der Waals surface area contributed by atoms with E-state index >= 15 is 0 Å². The van der Waals surface area contributed by atoms with Gasteiger partial charge in [-0.3, -0.25) is 14.7 Å². The number of nitrogens with zero attached hydrogens (tertiary/aromatic N) is 3. The van der Waals surface area contributed by atoms with Crippen LogP contribution in [0.2, 0.25) is 0 Å². The Morgan fingerprint density at radius 1 is 1.32 bits per heavy atom. The van der Waals surface area contributed by atoms with Crippen molar-refractivity contribution in [1.82, 2.24) is 14.8 Å². The van der Waals surface area contributed by atoms with Crippen LogP contribution >= 0.6 is 11.3 Å². The highest BCUT2D eigenvalue weighted by molar-refractivity contribution is 7.08. The molecule has 0 aromatic carbocycles. The lowest BCUT2D eigenvalue weighted by Gasteiger charge is -2.47. The van der Waals surface area contributed by atoms with E-state index in [1.54, 1.807) is 17.5 Å². The van der Waals surface area contributed by atoms with Crippen molar-refractivity contribution in [1.29, 1.82) is 0 Å². The van der Waals surface area contributed by atoms with E-state index in [1.165, 1.54) is 5.56 Å². The molecule has 0 bridgehead atoms. The van der Waals surface area contributed by atoms with Crippen LogP contribution in [0.15, 0.2) is 41.4 Å². The van der Waals surface area contributed by atoms with Gasteiger partial charge < -0.3 is 9.64 Å². The number of hydrogen-bond acceptors (Lipinski definition) is 5. The minimum atomic E-state index is 0.226. The maximum absolute atomic E-state index is 12.7. The van der Waals surface area contributed by atoms with Gasteiger partial charge in [-0.1, -0.05) is 6.07 Å². The topological polar surface area (TPSA) is 45.7 Å². The molecule has 6 heteroatoms. The molecule has 2 fully saturated rings. The number of hydrogen-bond donors (Lipinski definition) is 0. The molecule has 2 atom stereocenters. The zero-order valence-electron chi connectivity index (χ0n) is 14.2. The Kier molecular flexibility index (Phi) is 5.10. The van der Waals surface area contributed by atoms with E-state index in [0.29, 0.717) is 6.42 Å². The predicted octanol–water partition coefficient (Wildman–Crippen LogP) is 2.19. The smallest absolute Gasteiger partial charge is 0.227 e. The van der Waals surface area contributed by atoms with Crippen molar-refractivity contribution in [2.75, 3.05) is 26.2 Å². The highest BCUT2D eigenvalue weighted by Gasteiger charge is 2.38. The molecule has 2 saturated heterocycles. The average molecular weight is 357 g/mol. The fourth-order valence-corrected chi connectivity index (χ4v) is 4.44. The molecule has 4 heterocycles. The van der Waals surface area contributed by atoms with Gasteiger partial charge in [-0.2, -0.15) is 11.3 Å². The average Bonchev–Trinajstić information content (AvgIpc) is 3.15. The third kappa shape index (κ3) is 3.92. The first-order chi connectivity index (χ1) is 12.3. The van der Waals surface area contributed by atoms with Crippen LogP contribution in [0.5, 0.6) is 0 Å². The van der Waals surface area contributed by atoms with Gasteiger partial charge in [0.05, 0.1) is 25.2 Å². The number of carbonyl (C=O) groups excluding carboxylic acids is 1. The maximum Gasteiger partial charge on any atom is 0.227 e. The molecule has 2 aromatic heterocycles. The van der Waals surface area contributed by atoms with Crippen LogP contribution in [0.25, 0.3) is 0 Å². The van der Waals surface area contributed by atoms with Crippen LogP contribution in [0.3, 0.4) is 0 Å². The predicted molar refractivity (Wildman–Crippen MR) is 97.4 cm³/mol. The largest absolute Gasteiger partial charge is 0.375 e. The number of thiophene rings is 1. The first kappa shape index (κ1) is 16.7. The number of morpholine rings is 1. The molecule has 2 aromatic rings. The highest BCUT2D eigenvalue weighted by atomic mass is 32.1. The molecular weight excluding hydrogens is 334 g/mol. The first-order valence-corrected chi connectivity index (χ1v) is 9.77. The Morgan fingerprint density at radius 2 is 2.28 bits per heavy atom. The molecule has 25 heavy (non-hydrogen) atoms. The van der Waals surface area contributed by atoms with Crippen molar-refractivity contribution in [2.24, 2.45) is 0 Å². The van der Waals surface area contributed by atoms with Crippen LogP contribution in [0.4, 0.5) is 0 Å². The van der Waals surface area contributed by atoms with Crippen molar-refractivity contribution in [3.05, 3.63) is 52.5 Å². The van der Waals surface area contributed by atoms with E-state index < -0.39 is 0 Å². The number of ether oxygens (including phenoxy) is 1. The number of piperidine rings is 1. The molecule has 0 unspecified atom stereocenters. The number of aromatic nitrogens is 1. The zero-order chi connectivity index (χ0) is 17.1. The third-order valence-electron chi connectivity index (χ3n) is 5.10. The molecule has 0 aliphatic carbocycles. The van der Waals surface area contributed by atoms with Gasteiger partial charge in [-0.25, -0.2) is 0 Å². The Labute approximate surface area is 152 Å². The van der Waals surface area contributed by atoms with Crippen LogP contribution in [0, 0.1) is 0 Å². The van der Waals surface area contributed by atoms with Gasteiger partial charge in [0.2, 0.25) is 5.91 Å². The zero-order valence-corrected chi connectivity index (χ0v) is 15.0. The quantitative estimate of drug-likeness (QED) is 0.841. The van der Waals surface area contributed by atoms with Gasteiger partial charge in [0.25, 0.3) is 0 Å². The second-order valence-corrected chi connectivity index (χ2v) is 7.53. The molecule has 0 saturated carbocycles. The van der Waals surface area contributed by atoms with Crippen LogP contribution in [-0.2, 0) is 22.5 Å². The molecule has 2 aliphatic rings. The van der Waals surface area contributed by atoms with E-state index in [1.807, 2.05) is 28.6 Å². The van der Waals surface area contributed by atoms with Crippen LogP contribution in [0.1, 0.15) is 17.5 Å². The summed E-state index contributed by atoms with van der Waals surface area (Å²) >= 11 is 1.64. The number of carbonyl (C=O) groups is 1. The molecule has 0 spiro atoms. The molecule has 0 N–H and O–H groups in total. The summed E-state index contributed by atoms with van der Waals surface area (Å²) in [5.41, 5.74) is 2.33. The Balaban J connectivity index is 1.42. The van der Waals surface area contributed by atoms with E-state index in [-0.39, 0.29) is 18.1 Å². The lowest BCUT2D eigenvalue weighted by Crippen LogP contribution is -2.60. The minimum Gasteiger partial charge on any atom is -0.375 e. The number of amides is 1. The maximum atomic E-state index is 12.7. The Hall–Kier alpha value is -1.76. The van der Waals surface area contributed by atoms with Gasteiger partial charge in [0.15, 0.2) is 0 Å². The van der Waals surface area contributed by atoms with E-state index in [0.717, 1.165) is 44.8 Å². The second-order valence-electron chi connectivity index (χ2n) is 6.75. The van der Waals surface area contributed by atoms with E-state index in [9.17, 15) is 4.79 Å². The van der Waals surface area contributed by atoms with Crippen molar-refractivity contribution < 1.29 is 9.53 Å². The summed E-state index contributed by atoms with van der Waals surface area (Å²) in [6, 6.07) is 6.40. The molecule has 132 valence electrons. The fourth-order valence-electron chi connectivity index (χ4n) is 3.77. The summed E-state index contributed by atoms with van der Waals surface area (Å²) in [7, 11) is 0. The summed E-state index contributed by atoms with van der Waals surface area (Å²) < 4.78 is 5.99. The van der Waals surface area contributed by atoms with E-state index in [4.69, 9.17) is 4.74 Å². The van der Waals surface area contributed by atoms with Crippen molar-refractivity contribution in [3.8, 4) is 0 Å². The van der Waals surface area contributed by atoms with E-state index in [2.05, 4.69) is 21.3 Å². The van der Waals surface area contributed by atoms with Gasteiger partial charge >= 0.3 is 0 Å². The number of rotatable bonds is 4. The number of fused-ring (bicyclic) bond motifs is 1. The minimum absolute atomic E-state index is 0.226. The summed E-state index contributed by atoms with van der Waals surface area (Å²) in [5, 5.41) is 4.09. The monoisotopic (exact) mass is 357 g/mol. The lowest BCUT2D eigenvalue weighted by atomic mass is 9.97. The Morgan fingerprint density at radius 3 is 3.08 bits per heavy atom. The molecular formula is C19H23N3O2S. The SMILES string of the molecule is O=C(Cc1ccsc1)N1CC[C@H]2OCCN(Cc3cccnc3)[C@@H]2C1.